The molecule has 0 spiro atoms. The van der Waals surface area contributed by atoms with E-state index in [0.29, 0.717) is 5.92 Å². The van der Waals surface area contributed by atoms with Gasteiger partial charge in [-0.25, -0.2) is 0 Å². The fourth-order valence-electron chi connectivity index (χ4n) is 5.29. The van der Waals surface area contributed by atoms with Gasteiger partial charge in [0.1, 0.15) is 0 Å². The van der Waals surface area contributed by atoms with Gasteiger partial charge in [0.15, 0.2) is 6.29 Å². The molecular formula is C18H24O2. The van der Waals surface area contributed by atoms with Crippen LogP contribution >= 0.6 is 0 Å². The minimum Gasteiger partial charge on any atom is -0.367 e. The number of fused-ring (bicyclic) bond motifs is 5. The lowest BCUT2D eigenvalue weighted by atomic mass is 9.56. The van der Waals surface area contributed by atoms with Gasteiger partial charge in [-0.15, -0.1) is 0 Å². The lowest BCUT2D eigenvalue weighted by Gasteiger charge is -2.49. The van der Waals surface area contributed by atoms with Crippen molar-refractivity contribution in [3.05, 3.63) is 35.5 Å². The maximum absolute atomic E-state index is 9.90. The Morgan fingerprint density at radius 3 is 2.85 bits per heavy atom. The first-order valence-corrected chi connectivity index (χ1v) is 8.19. The first-order chi connectivity index (χ1) is 9.72. The maximum Gasteiger partial charge on any atom is 0.164 e. The fourth-order valence-corrected chi connectivity index (χ4v) is 5.29. The van der Waals surface area contributed by atoms with Gasteiger partial charge in [-0.1, -0.05) is 37.1 Å². The van der Waals surface area contributed by atoms with Crippen LogP contribution in [0.2, 0.25) is 0 Å². The highest BCUT2D eigenvalue weighted by atomic mass is 16.5. The summed E-state index contributed by atoms with van der Waals surface area (Å²) in [6, 6.07) is 0. The molecule has 0 heterocycles. The first kappa shape index (κ1) is 12.8. The van der Waals surface area contributed by atoms with E-state index in [4.69, 9.17) is 0 Å². The molecule has 2 N–H and O–H groups in total. The average Bonchev–Trinajstić information content (AvgIpc) is 2.92. The Labute approximate surface area is 120 Å². The number of hydrogen-bond acceptors (Lipinski definition) is 2. The summed E-state index contributed by atoms with van der Waals surface area (Å²) >= 11 is 0. The van der Waals surface area contributed by atoms with Crippen molar-refractivity contribution in [3.63, 3.8) is 0 Å². The van der Waals surface area contributed by atoms with E-state index in [2.05, 4.69) is 12.2 Å². The van der Waals surface area contributed by atoms with Crippen molar-refractivity contribution in [2.75, 3.05) is 0 Å². The Morgan fingerprint density at radius 1 is 1.15 bits per heavy atom. The van der Waals surface area contributed by atoms with Gasteiger partial charge in [0.05, 0.1) is 5.41 Å². The lowest BCUT2D eigenvalue weighted by Crippen LogP contribution is -2.43. The molecule has 2 heteroatoms. The Kier molecular flexibility index (Phi) is 2.94. The molecule has 0 saturated heterocycles. The normalized spacial score (nSPS) is 42.6. The molecule has 2 saturated carbocycles. The molecule has 0 aromatic heterocycles. The van der Waals surface area contributed by atoms with E-state index in [1.54, 1.807) is 0 Å². The van der Waals surface area contributed by atoms with Crippen LogP contribution in [0.3, 0.4) is 0 Å². The molecular weight excluding hydrogens is 248 g/mol. The van der Waals surface area contributed by atoms with Gasteiger partial charge in [-0.3, -0.25) is 0 Å². The minimum absolute atomic E-state index is 0.510. The summed E-state index contributed by atoms with van der Waals surface area (Å²) in [7, 11) is 0. The highest BCUT2D eigenvalue weighted by Gasteiger charge is 2.50. The van der Waals surface area contributed by atoms with Crippen LogP contribution in [0.25, 0.3) is 0 Å². The molecule has 0 bridgehead atoms. The van der Waals surface area contributed by atoms with Gasteiger partial charge in [-0.2, -0.15) is 0 Å². The summed E-state index contributed by atoms with van der Waals surface area (Å²) in [6.45, 7) is 0. The Bertz CT molecular complexity index is 500. The molecule has 0 aliphatic heterocycles. The molecule has 4 aliphatic carbocycles. The van der Waals surface area contributed by atoms with Crippen LogP contribution in [0, 0.1) is 23.2 Å². The third-order valence-electron chi connectivity index (χ3n) is 6.32. The van der Waals surface area contributed by atoms with Crippen LogP contribution < -0.4 is 0 Å². The molecule has 0 aromatic carbocycles. The zero-order valence-corrected chi connectivity index (χ0v) is 12.0. The van der Waals surface area contributed by atoms with E-state index in [1.165, 1.54) is 43.3 Å². The largest absolute Gasteiger partial charge is 0.367 e. The van der Waals surface area contributed by atoms with Crippen LogP contribution in [-0.4, -0.2) is 16.5 Å². The van der Waals surface area contributed by atoms with Crippen molar-refractivity contribution in [1.29, 1.82) is 0 Å². The van der Waals surface area contributed by atoms with Crippen LogP contribution in [0.15, 0.2) is 35.5 Å². The molecule has 2 nitrogen and oxygen atoms in total. The fraction of sp³-hybridized carbons (Fsp3) is 0.667. The quantitative estimate of drug-likeness (QED) is 0.719. The zero-order valence-electron chi connectivity index (χ0n) is 12.0. The van der Waals surface area contributed by atoms with Crippen molar-refractivity contribution < 1.29 is 10.2 Å². The molecule has 4 atom stereocenters. The van der Waals surface area contributed by atoms with Gasteiger partial charge in [0.2, 0.25) is 0 Å². The average molecular weight is 272 g/mol. The van der Waals surface area contributed by atoms with Gasteiger partial charge >= 0.3 is 0 Å². The summed E-state index contributed by atoms with van der Waals surface area (Å²) in [6.07, 6.45) is 16.1. The van der Waals surface area contributed by atoms with Crippen molar-refractivity contribution in [2.24, 2.45) is 23.2 Å². The van der Waals surface area contributed by atoms with E-state index in [9.17, 15) is 10.2 Å². The van der Waals surface area contributed by atoms with Crippen molar-refractivity contribution in [3.8, 4) is 0 Å². The third kappa shape index (κ3) is 1.64. The van der Waals surface area contributed by atoms with Crippen LogP contribution in [0.1, 0.15) is 44.9 Å². The molecule has 1 unspecified atom stereocenters. The van der Waals surface area contributed by atoms with Gasteiger partial charge < -0.3 is 10.2 Å². The molecule has 4 rings (SSSR count). The predicted octanol–water partition coefficient (Wildman–Crippen LogP) is 3.33. The summed E-state index contributed by atoms with van der Waals surface area (Å²) in [5.41, 5.74) is 2.13. The van der Waals surface area contributed by atoms with E-state index < -0.39 is 11.7 Å². The molecule has 0 radical (unpaired) electrons. The van der Waals surface area contributed by atoms with Crippen molar-refractivity contribution in [1.82, 2.24) is 0 Å². The molecule has 0 amide bonds. The van der Waals surface area contributed by atoms with E-state index >= 15 is 0 Å². The second-order valence-electron chi connectivity index (χ2n) is 7.10. The summed E-state index contributed by atoms with van der Waals surface area (Å²) < 4.78 is 0. The van der Waals surface area contributed by atoms with Crippen molar-refractivity contribution in [2.45, 2.75) is 51.2 Å². The topological polar surface area (TPSA) is 40.5 Å². The Morgan fingerprint density at radius 2 is 2.00 bits per heavy atom. The SMILES string of the molecule is OC(O)[C@@]12C=CC=C1C1=CCC3CCCC[C@@H]3[C@H]1CC2. The smallest absolute Gasteiger partial charge is 0.164 e. The highest BCUT2D eigenvalue weighted by molar-refractivity contribution is 5.51. The summed E-state index contributed by atoms with van der Waals surface area (Å²) in [5, 5.41) is 19.8. The van der Waals surface area contributed by atoms with Crippen LogP contribution in [0.5, 0.6) is 0 Å². The maximum atomic E-state index is 9.90. The molecule has 20 heavy (non-hydrogen) atoms. The standard InChI is InChI=1S/C18H24O2/c19-17(20)18-10-3-6-16(18)15-8-7-12-4-1-2-5-13(12)14(15)9-11-18/h3,6,8,10,12-14,17,19-20H,1-2,4-5,7,9,11H2/t12?,13-,14+,18+/m0/s1. The molecule has 2 fully saturated rings. The first-order valence-electron chi connectivity index (χ1n) is 8.19. The third-order valence-corrected chi connectivity index (χ3v) is 6.32. The second kappa shape index (κ2) is 4.57. The van der Waals surface area contributed by atoms with Gasteiger partial charge in [-0.05, 0) is 61.0 Å². The number of rotatable bonds is 1. The van der Waals surface area contributed by atoms with E-state index in [1.807, 2.05) is 12.2 Å². The number of aliphatic hydroxyl groups excluding tert-OH is 1. The van der Waals surface area contributed by atoms with Crippen LogP contribution in [0.4, 0.5) is 0 Å². The Hall–Kier alpha value is -0.860. The highest BCUT2D eigenvalue weighted by Crippen LogP contribution is 2.57. The monoisotopic (exact) mass is 272 g/mol. The molecule has 0 aromatic rings. The zero-order chi connectivity index (χ0) is 13.7. The van der Waals surface area contributed by atoms with Crippen molar-refractivity contribution >= 4 is 0 Å². The van der Waals surface area contributed by atoms with E-state index in [-0.39, 0.29) is 0 Å². The van der Waals surface area contributed by atoms with Crippen LogP contribution in [-0.2, 0) is 0 Å². The number of hydrogen-bond donors (Lipinski definition) is 2. The molecule has 108 valence electrons. The number of aliphatic hydroxyl groups is 2. The molecule has 4 aliphatic rings. The van der Waals surface area contributed by atoms with Gasteiger partial charge in [0, 0.05) is 0 Å². The Balaban J connectivity index is 1.71. The summed E-state index contributed by atoms with van der Waals surface area (Å²) in [5.74, 6) is 2.41. The van der Waals surface area contributed by atoms with E-state index in [0.717, 1.165) is 24.7 Å². The lowest BCUT2D eigenvalue weighted by molar-refractivity contribution is -0.108. The second-order valence-corrected chi connectivity index (χ2v) is 7.10. The predicted molar refractivity (Wildman–Crippen MR) is 78.8 cm³/mol. The summed E-state index contributed by atoms with van der Waals surface area (Å²) in [4.78, 5) is 0. The minimum atomic E-state index is -1.27. The number of allylic oxidation sites excluding steroid dienone is 4. The van der Waals surface area contributed by atoms with Gasteiger partial charge in [0.25, 0.3) is 0 Å².